The molecule has 1 N–H and O–H groups in total. The molecule has 4 nitrogen and oxygen atoms in total. The molecule has 0 aromatic heterocycles. The van der Waals surface area contributed by atoms with Crippen molar-refractivity contribution in [2.75, 3.05) is 13.6 Å². The van der Waals surface area contributed by atoms with E-state index in [1.807, 2.05) is 13.8 Å². The monoisotopic (exact) mass is 250 g/mol. The first-order chi connectivity index (χ1) is 8.60. The van der Waals surface area contributed by atoms with Gasteiger partial charge in [0, 0.05) is 19.3 Å². The minimum absolute atomic E-state index is 0.125. The zero-order valence-corrected chi connectivity index (χ0v) is 11.4. The Kier molecular flexibility index (Phi) is 7.43. The SMILES string of the molecule is C=C/C=C(\C=C)NC(=O)C1CCN(C)C1=O.CC. The molecule has 0 aromatic rings. The summed E-state index contributed by atoms with van der Waals surface area (Å²) < 4.78 is 0. The second-order valence-corrected chi connectivity index (χ2v) is 3.65. The van der Waals surface area contributed by atoms with Crippen LogP contribution in [0.2, 0.25) is 0 Å². The van der Waals surface area contributed by atoms with Crippen molar-refractivity contribution in [3.05, 3.63) is 37.1 Å². The first-order valence-corrected chi connectivity index (χ1v) is 6.11. The third kappa shape index (κ3) is 4.20. The summed E-state index contributed by atoms with van der Waals surface area (Å²) in [6.07, 6.45) is 5.27. The van der Waals surface area contributed by atoms with Gasteiger partial charge in [0.25, 0.3) is 0 Å². The van der Waals surface area contributed by atoms with Crippen LogP contribution in [0.3, 0.4) is 0 Å². The molecule has 0 radical (unpaired) electrons. The number of hydrogen-bond donors (Lipinski definition) is 1. The summed E-state index contributed by atoms with van der Waals surface area (Å²) in [5.41, 5.74) is 0.558. The van der Waals surface area contributed by atoms with Crippen LogP contribution in [0.5, 0.6) is 0 Å². The molecule has 0 spiro atoms. The summed E-state index contributed by atoms with van der Waals surface area (Å²) in [5.74, 6) is -0.972. The van der Waals surface area contributed by atoms with E-state index < -0.39 is 5.92 Å². The minimum Gasteiger partial charge on any atom is -0.345 e. The molecule has 1 heterocycles. The van der Waals surface area contributed by atoms with Crippen molar-refractivity contribution in [3.63, 3.8) is 0 Å². The van der Waals surface area contributed by atoms with Crippen molar-refractivity contribution in [1.29, 1.82) is 0 Å². The molecule has 1 fully saturated rings. The van der Waals surface area contributed by atoms with Gasteiger partial charge in [0.1, 0.15) is 5.92 Å². The van der Waals surface area contributed by atoms with Gasteiger partial charge in [-0.15, -0.1) is 0 Å². The molecule has 0 aromatic carbocycles. The highest BCUT2D eigenvalue weighted by molar-refractivity contribution is 6.02. The van der Waals surface area contributed by atoms with Crippen LogP contribution in [0, 0.1) is 5.92 Å². The van der Waals surface area contributed by atoms with Gasteiger partial charge < -0.3 is 10.2 Å². The molecule has 0 saturated carbocycles. The lowest BCUT2D eigenvalue weighted by atomic mass is 10.1. The standard InChI is InChI=1S/C12H16N2O2.C2H6/c1-4-6-9(5-2)13-11(15)10-7-8-14(3)12(10)16;1-2/h4-6,10H,1-2,7-8H2,3H3,(H,13,15);1-2H3/b9-6+;. The molecule has 1 unspecified atom stereocenters. The molecule has 1 rings (SSSR count). The first-order valence-electron chi connectivity index (χ1n) is 6.11. The van der Waals surface area contributed by atoms with Gasteiger partial charge in [0.05, 0.1) is 0 Å². The van der Waals surface area contributed by atoms with Crippen LogP contribution in [-0.2, 0) is 9.59 Å². The quantitative estimate of drug-likeness (QED) is 0.611. The van der Waals surface area contributed by atoms with Crippen LogP contribution in [-0.4, -0.2) is 30.3 Å². The molecular weight excluding hydrogens is 228 g/mol. The zero-order valence-electron chi connectivity index (χ0n) is 11.4. The van der Waals surface area contributed by atoms with Crippen molar-refractivity contribution in [1.82, 2.24) is 10.2 Å². The van der Waals surface area contributed by atoms with Gasteiger partial charge in [-0.1, -0.05) is 33.1 Å². The van der Waals surface area contributed by atoms with E-state index >= 15 is 0 Å². The molecule has 100 valence electrons. The summed E-state index contributed by atoms with van der Waals surface area (Å²) in [7, 11) is 1.70. The number of nitrogens with zero attached hydrogens (tertiary/aromatic N) is 1. The molecular formula is C14H22N2O2. The summed E-state index contributed by atoms with van der Waals surface area (Å²) >= 11 is 0. The van der Waals surface area contributed by atoms with Crippen molar-refractivity contribution in [2.24, 2.45) is 5.92 Å². The second-order valence-electron chi connectivity index (χ2n) is 3.65. The van der Waals surface area contributed by atoms with Gasteiger partial charge in [-0.25, -0.2) is 0 Å². The Labute approximate surface area is 109 Å². The molecule has 2 amide bonds. The number of rotatable bonds is 4. The predicted molar refractivity (Wildman–Crippen MR) is 73.7 cm³/mol. The van der Waals surface area contributed by atoms with E-state index in [9.17, 15) is 9.59 Å². The smallest absolute Gasteiger partial charge is 0.237 e. The maximum absolute atomic E-state index is 11.8. The van der Waals surface area contributed by atoms with Crippen molar-refractivity contribution < 1.29 is 9.59 Å². The molecule has 18 heavy (non-hydrogen) atoms. The summed E-state index contributed by atoms with van der Waals surface area (Å²) in [5, 5.41) is 2.65. The van der Waals surface area contributed by atoms with Crippen molar-refractivity contribution >= 4 is 11.8 Å². The van der Waals surface area contributed by atoms with Crippen LogP contribution >= 0.6 is 0 Å². The Balaban J connectivity index is 0.00000137. The first kappa shape index (κ1) is 16.2. The molecule has 1 aliphatic rings. The highest BCUT2D eigenvalue weighted by atomic mass is 16.2. The fourth-order valence-corrected chi connectivity index (χ4v) is 1.58. The van der Waals surface area contributed by atoms with E-state index in [4.69, 9.17) is 0 Å². The molecule has 0 bridgehead atoms. The van der Waals surface area contributed by atoms with E-state index in [-0.39, 0.29) is 11.8 Å². The minimum atomic E-state index is -0.571. The van der Waals surface area contributed by atoms with Gasteiger partial charge in [-0.05, 0) is 18.6 Å². The topological polar surface area (TPSA) is 49.4 Å². The fraction of sp³-hybridized carbons (Fsp3) is 0.429. The van der Waals surface area contributed by atoms with Gasteiger partial charge in [0.15, 0.2) is 0 Å². The third-order valence-electron chi connectivity index (χ3n) is 2.53. The van der Waals surface area contributed by atoms with Crippen molar-refractivity contribution in [3.8, 4) is 0 Å². The van der Waals surface area contributed by atoms with E-state index in [0.717, 1.165) is 0 Å². The van der Waals surface area contributed by atoms with E-state index in [1.165, 1.54) is 6.08 Å². The maximum Gasteiger partial charge on any atom is 0.237 e. The lowest BCUT2D eigenvalue weighted by Gasteiger charge is -2.11. The Morgan fingerprint density at radius 2 is 2.06 bits per heavy atom. The maximum atomic E-state index is 11.8. The van der Waals surface area contributed by atoms with E-state index in [2.05, 4.69) is 18.5 Å². The third-order valence-corrected chi connectivity index (χ3v) is 2.53. The Bertz CT molecular complexity index is 359. The summed E-state index contributed by atoms with van der Waals surface area (Å²) in [6.45, 7) is 11.7. The van der Waals surface area contributed by atoms with Crippen LogP contribution in [0.1, 0.15) is 20.3 Å². The highest BCUT2D eigenvalue weighted by Gasteiger charge is 2.34. The molecule has 1 aliphatic heterocycles. The Hall–Kier alpha value is -1.84. The number of hydrogen-bond acceptors (Lipinski definition) is 2. The molecule has 0 aliphatic carbocycles. The number of nitrogens with one attached hydrogen (secondary N) is 1. The fourth-order valence-electron chi connectivity index (χ4n) is 1.58. The van der Waals surface area contributed by atoms with Gasteiger partial charge in [-0.3, -0.25) is 9.59 Å². The Morgan fingerprint density at radius 1 is 1.44 bits per heavy atom. The lowest BCUT2D eigenvalue weighted by Crippen LogP contribution is -2.34. The van der Waals surface area contributed by atoms with E-state index in [1.54, 1.807) is 24.1 Å². The average Bonchev–Trinajstić information content (AvgIpc) is 2.72. The Morgan fingerprint density at radius 3 is 2.44 bits per heavy atom. The normalized spacial score (nSPS) is 18.8. The van der Waals surface area contributed by atoms with Gasteiger partial charge in [-0.2, -0.15) is 0 Å². The summed E-state index contributed by atoms with van der Waals surface area (Å²) in [4.78, 5) is 24.9. The molecule has 1 saturated heterocycles. The van der Waals surface area contributed by atoms with Crippen LogP contribution < -0.4 is 5.32 Å². The average molecular weight is 250 g/mol. The van der Waals surface area contributed by atoms with E-state index in [0.29, 0.717) is 18.7 Å². The van der Waals surface area contributed by atoms with Gasteiger partial charge in [0.2, 0.25) is 11.8 Å². The number of allylic oxidation sites excluding steroid dienone is 3. The van der Waals surface area contributed by atoms with Gasteiger partial charge >= 0.3 is 0 Å². The second kappa shape index (κ2) is 8.28. The predicted octanol–water partition coefficient (Wildman–Crippen LogP) is 1.86. The van der Waals surface area contributed by atoms with Crippen LogP contribution in [0.25, 0.3) is 0 Å². The molecule has 4 heteroatoms. The van der Waals surface area contributed by atoms with Crippen LogP contribution in [0.15, 0.2) is 37.1 Å². The number of carbonyl (C=O) groups is 2. The number of amides is 2. The zero-order chi connectivity index (χ0) is 14.1. The number of likely N-dealkylation sites (tertiary alicyclic amines) is 1. The van der Waals surface area contributed by atoms with Crippen molar-refractivity contribution in [2.45, 2.75) is 20.3 Å². The largest absolute Gasteiger partial charge is 0.345 e. The van der Waals surface area contributed by atoms with Crippen LogP contribution in [0.4, 0.5) is 0 Å². The lowest BCUT2D eigenvalue weighted by molar-refractivity contribution is -0.136. The highest BCUT2D eigenvalue weighted by Crippen LogP contribution is 2.16. The molecule has 1 atom stereocenters. The number of carbonyl (C=O) groups excluding carboxylic acids is 2. The summed E-state index contributed by atoms with van der Waals surface area (Å²) in [6, 6.07) is 0.